The molecular formula is C56H56. The molecule has 0 atom stereocenters. The topological polar surface area (TPSA) is 0 Å². The first-order valence-electron chi connectivity index (χ1n) is 22.3. The third kappa shape index (κ3) is 6.89. The first-order valence-corrected chi connectivity index (χ1v) is 22.3. The predicted molar refractivity (Wildman–Crippen MR) is 233 cm³/mol. The van der Waals surface area contributed by atoms with Crippen molar-refractivity contribution >= 4 is 0 Å². The first-order chi connectivity index (χ1) is 27.6. The van der Waals surface area contributed by atoms with Crippen molar-refractivity contribution in [3.63, 3.8) is 0 Å². The van der Waals surface area contributed by atoms with Crippen LogP contribution in [0, 0.1) is 0 Å². The largest absolute Gasteiger partial charge is 0.0588 e. The molecule has 0 nitrogen and oxygen atoms in total. The summed E-state index contributed by atoms with van der Waals surface area (Å²) >= 11 is 0. The molecule has 0 heteroatoms. The summed E-state index contributed by atoms with van der Waals surface area (Å²) in [6.45, 7) is 0. The van der Waals surface area contributed by atoms with Crippen LogP contribution in [0.2, 0.25) is 0 Å². The summed E-state index contributed by atoms with van der Waals surface area (Å²) in [5.74, 6) is 0. The fourth-order valence-electron chi connectivity index (χ4n) is 11.4. The van der Waals surface area contributed by atoms with Crippen LogP contribution < -0.4 is 0 Å². The molecule has 0 N–H and O–H groups in total. The molecule has 0 aliphatic heterocycles. The molecule has 0 unspecified atom stereocenters. The summed E-state index contributed by atoms with van der Waals surface area (Å²) in [6.07, 6.45) is 23.0. The third-order valence-electron chi connectivity index (χ3n) is 14.8. The van der Waals surface area contributed by atoms with Gasteiger partial charge in [-0.3, -0.25) is 0 Å². The molecule has 26 rings (SSSR count). The highest BCUT2D eigenvalue weighted by molar-refractivity contribution is 5.49. The van der Waals surface area contributed by atoms with Crippen LogP contribution in [-0.2, 0) is 128 Å². The molecule has 56 heavy (non-hydrogen) atoms. The molecular weight excluding hydrogens is 673 g/mol. The Morgan fingerprint density at radius 1 is 0.143 bits per heavy atom. The summed E-state index contributed by atoms with van der Waals surface area (Å²) in [6, 6.07) is 40.5. The first kappa shape index (κ1) is 34.6. The van der Waals surface area contributed by atoms with E-state index in [-0.39, 0.29) is 0 Å². The average molecular weight is 729 g/mol. The van der Waals surface area contributed by atoms with Gasteiger partial charge in [-0.1, -0.05) is 97.1 Å². The van der Waals surface area contributed by atoms with Crippen molar-refractivity contribution in [1.82, 2.24) is 0 Å². The molecule has 0 spiro atoms. The van der Waals surface area contributed by atoms with E-state index in [9.17, 15) is 0 Å². The van der Waals surface area contributed by atoms with E-state index in [2.05, 4.69) is 97.1 Å². The Kier molecular flexibility index (Phi) is 9.06. The van der Waals surface area contributed by atoms with E-state index in [0.717, 1.165) is 128 Å². The Hall–Kier alpha value is -4.68. The second-order valence-corrected chi connectivity index (χ2v) is 18.2. The van der Waals surface area contributed by atoms with Gasteiger partial charge in [0.1, 0.15) is 0 Å². The van der Waals surface area contributed by atoms with E-state index in [1.807, 2.05) is 0 Å². The molecule has 0 fully saturated rings. The molecule has 0 saturated carbocycles. The normalized spacial score (nSPS) is 17.3. The van der Waals surface area contributed by atoms with E-state index in [0.29, 0.717) is 0 Å². The minimum Gasteiger partial charge on any atom is -0.0588 e. The second-order valence-electron chi connectivity index (χ2n) is 18.2. The van der Waals surface area contributed by atoms with Crippen molar-refractivity contribution in [3.05, 3.63) is 208 Å². The van der Waals surface area contributed by atoms with Crippen LogP contribution in [-0.4, -0.2) is 0 Å². The summed E-state index contributed by atoms with van der Waals surface area (Å²) in [5, 5.41) is 0. The molecule has 0 amide bonds. The van der Waals surface area contributed by atoms with Crippen LogP contribution in [0.25, 0.3) is 0 Å². The summed E-state index contributed by atoms with van der Waals surface area (Å²) < 4.78 is 0. The molecule has 0 heterocycles. The van der Waals surface area contributed by atoms with Crippen molar-refractivity contribution in [3.8, 4) is 0 Å². The molecule has 6 aromatic rings. The van der Waals surface area contributed by atoms with Crippen LogP contribution in [0.15, 0.2) is 97.1 Å². The number of hydrogen-bond donors (Lipinski definition) is 0. The SMILES string of the molecule is c1cc2ccc1CCc1cc3c(cc1CCc1cc4c(cc1CCc1cc5c(cc1CCc1cc6c(cc1CCc1ccc(cc1)CC6)CC5)CC4)CC3)CC2. The maximum absolute atomic E-state index is 2.70. The number of benzene rings is 6. The highest BCUT2D eigenvalue weighted by Crippen LogP contribution is 2.34. The minimum atomic E-state index is 1.14. The molecule has 0 radical (unpaired) electrons. The van der Waals surface area contributed by atoms with Gasteiger partial charge in [0.05, 0.1) is 0 Å². The Balaban J connectivity index is 0.918. The van der Waals surface area contributed by atoms with Gasteiger partial charge in [0, 0.05) is 0 Å². The molecule has 0 saturated heterocycles. The molecule has 20 aliphatic rings. The van der Waals surface area contributed by atoms with E-state index in [4.69, 9.17) is 0 Å². The Morgan fingerprint density at radius 2 is 0.250 bits per heavy atom. The highest BCUT2D eigenvalue weighted by atomic mass is 14.3. The Labute approximate surface area is 335 Å². The lowest BCUT2D eigenvalue weighted by molar-refractivity contribution is 0.791. The Bertz CT molecular complexity index is 2110. The summed E-state index contributed by atoms with van der Waals surface area (Å²) in [7, 11) is 0. The van der Waals surface area contributed by atoms with Gasteiger partial charge in [-0.05, 0) is 240 Å². The van der Waals surface area contributed by atoms with Crippen LogP contribution in [0.3, 0.4) is 0 Å². The van der Waals surface area contributed by atoms with E-state index < -0.39 is 0 Å². The standard InChI is InChI=1S/C56H56/c1-2-38-4-3-37(1)9-13-41-29-46-18-22-50-34-53-25-26-55-35-52-24-20-48-32-43-15-11-39-5-7-40(8-6-39)12-16-44(48)31-47(43)19-23-51(55)36-56(52)28-27-54(50)33-49(53)21-17-45(41)30-42(46)14-10-38/h1-8,29-36H,9-28H2. The van der Waals surface area contributed by atoms with Crippen molar-refractivity contribution in [2.75, 3.05) is 0 Å². The van der Waals surface area contributed by atoms with Crippen molar-refractivity contribution in [2.45, 2.75) is 128 Å². The van der Waals surface area contributed by atoms with Gasteiger partial charge >= 0.3 is 0 Å². The zero-order valence-electron chi connectivity index (χ0n) is 33.4. The quantitative estimate of drug-likeness (QED) is 0.146. The summed E-state index contributed by atoms with van der Waals surface area (Å²) in [5.41, 5.74) is 31.8. The van der Waals surface area contributed by atoms with Crippen molar-refractivity contribution in [1.29, 1.82) is 0 Å². The smallest absolute Gasteiger partial charge is 0.0235 e. The lowest BCUT2D eigenvalue weighted by atomic mass is 9.80. The number of aryl methyl sites for hydroxylation is 20. The molecule has 280 valence electrons. The van der Waals surface area contributed by atoms with E-state index >= 15 is 0 Å². The third-order valence-corrected chi connectivity index (χ3v) is 14.8. The Morgan fingerprint density at radius 3 is 0.375 bits per heavy atom. The zero-order valence-corrected chi connectivity index (χ0v) is 33.4. The minimum absolute atomic E-state index is 1.14. The zero-order chi connectivity index (χ0) is 37.0. The maximum atomic E-state index is 2.70. The average Bonchev–Trinajstić information content (AvgIpc) is 3.20. The van der Waals surface area contributed by atoms with Gasteiger partial charge in [-0.25, -0.2) is 0 Å². The lowest BCUT2D eigenvalue weighted by Gasteiger charge is -2.25. The number of rotatable bonds is 0. The van der Waals surface area contributed by atoms with Crippen LogP contribution in [0.5, 0.6) is 0 Å². The fraction of sp³-hybridized carbons (Fsp3) is 0.357. The molecule has 0 aromatic heterocycles. The maximum Gasteiger partial charge on any atom is -0.0235 e. The van der Waals surface area contributed by atoms with Gasteiger partial charge in [-0.15, -0.1) is 0 Å². The van der Waals surface area contributed by atoms with E-state index in [1.165, 1.54) is 22.3 Å². The second kappa shape index (κ2) is 14.7. The monoisotopic (exact) mass is 728 g/mol. The van der Waals surface area contributed by atoms with Crippen LogP contribution >= 0.6 is 0 Å². The van der Waals surface area contributed by atoms with Crippen LogP contribution in [0.4, 0.5) is 0 Å². The van der Waals surface area contributed by atoms with E-state index in [1.54, 1.807) is 89.0 Å². The highest BCUT2D eigenvalue weighted by Gasteiger charge is 2.22. The van der Waals surface area contributed by atoms with Gasteiger partial charge in [0.2, 0.25) is 0 Å². The summed E-state index contributed by atoms with van der Waals surface area (Å²) in [4.78, 5) is 0. The predicted octanol–water partition coefficient (Wildman–Crippen LogP) is 11.1. The molecule has 6 aromatic carbocycles. The lowest BCUT2D eigenvalue weighted by Crippen LogP contribution is -2.14. The van der Waals surface area contributed by atoms with Gasteiger partial charge in [0.15, 0.2) is 0 Å². The molecule has 20 aliphatic carbocycles. The number of hydrogen-bond acceptors (Lipinski definition) is 0. The fourth-order valence-corrected chi connectivity index (χ4v) is 11.4. The van der Waals surface area contributed by atoms with Crippen LogP contribution in [0.1, 0.15) is 111 Å². The molecule has 20 bridgehead atoms. The van der Waals surface area contributed by atoms with Crippen molar-refractivity contribution in [2.24, 2.45) is 0 Å². The van der Waals surface area contributed by atoms with Gasteiger partial charge in [-0.2, -0.15) is 0 Å². The van der Waals surface area contributed by atoms with Gasteiger partial charge < -0.3 is 0 Å². The van der Waals surface area contributed by atoms with Gasteiger partial charge in [0.25, 0.3) is 0 Å². The van der Waals surface area contributed by atoms with Crippen molar-refractivity contribution < 1.29 is 0 Å².